The molecule has 0 heterocycles. The molecular weight excluding hydrogens is 228 g/mol. The molecule has 1 aromatic rings. The summed E-state index contributed by atoms with van der Waals surface area (Å²) in [5, 5.41) is 7.50. The second-order valence-corrected chi connectivity index (χ2v) is 6.15. The van der Waals surface area contributed by atoms with Crippen LogP contribution in [0.25, 0.3) is 0 Å². The Bertz CT molecular complexity index is 386. The fraction of sp³-hybridized carbons (Fsp3) is 0.500. The monoisotopic (exact) mass is 250 g/mol. The quantitative estimate of drug-likeness (QED) is 0.349. The van der Waals surface area contributed by atoms with Crippen LogP contribution < -0.4 is 5.73 Å². The van der Waals surface area contributed by atoms with Crippen molar-refractivity contribution in [3.8, 4) is 0 Å². The fourth-order valence-corrected chi connectivity index (χ4v) is 2.53. The number of rotatable bonds is 6. The lowest BCUT2D eigenvalue weighted by Crippen LogP contribution is -2.30. The van der Waals surface area contributed by atoms with Crippen molar-refractivity contribution in [3.63, 3.8) is 0 Å². The lowest BCUT2D eigenvalue weighted by atomic mass is 9.87. The van der Waals surface area contributed by atoms with E-state index in [2.05, 4.69) is 31.2 Å². The third kappa shape index (κ3) is 4.43. The van der Waals surface area contributed by atoms with Crippen LogP contribution >= 0.6 is 11.8 Å². The van der Waals surface area contributed by atoms with Gasteiger partial charge >= 0.3 is 0 Å². The maximum absolute atomic E-state index is 7.50. The molecule has 2 nitrogen and oxygen atoms in total. The Kier molecular flexibility index (Phi) is 5.06. The highest BCUT2D eigenvalue weighted by Crippen LogP contribution is 2.27. The Balaban J connectivity index is 2.35. The van der Waals surface area contributed by atoms with Crippen LogP contribution in [0.3, 0.4) is 0 Å². The van der Waals surface area contributed by atoms with E-state index in [0.29, 0.717) is 5.84 Å². The average molecular weight is 250 g/mol. The van der Waals surface area contributed by atoms with E-state index in [1.807, 2.05) is 25.6 Å². The molecule has 0 unspecified atom stereocenters. The van der Waals surface area contributed by atoms with Gasteiger partial charge in [-0.1, -0.05) is 32.0 Å². The number of amidine groups is 1. The van der Waals surface area contributed by atoms with Crippen molar-refractivity contribution in [2.24, 2.45) is 11.1 Å². The number of nitrogens with two attached hydrogens (primary N) is 1. The molecule has 0 spiro atoms. The van der Waals surface area contributed by atoms with Gasteiger partial charge < -0.3 is 5.73 Å². The molecule has 0 aromatic heterocycles. The third-order valence-corrected chi connectivity index (χ3v) is 4.29. The van der Waals surface area contributed by atoms with Gasteiger partial charge in [-0.3, -0.25) is 5.41 Å². The Morgan fingerprint density at radius 1 is 1.35 bits per heavy atom. The minimum atomic E-state index is -0.160. The summed E-state index contributed by atoms with van der Waals surface area (Å²) in [4.78, 5) is 1.35. The summed E-state index contributed by atoms with van der Waals surface area (Å²) in [5.41, 5.74) is 6.74. The van der Waals surface area contributed by atoms with Crippen LogP contribution in [0.2, 0.25) is 0 Å². The lowest BCUT2D eigenvalue weighted by molar-refractivity contribution is 0.464. The molecule has 0 saturated carbocycles. The number of hydrogen-bond acceptors (Lipinski definition) is 2. The zero-order valence-corrected chi connectivity index (χ0v) is 11.7. The van der Waals surface area contributed by atoms with E-state index in [1.165, 1.54) is 10.5 Å². The largest absolute Gasteiger partial charge is 0.387 e. The number of benzene rings is 1. The first-order chi connectivity index (χ1) is 7.93. The maximum Gasteiger partial charge on any atom is 0.0963 e. The van der Waals surface area contributed by atoms with Crippen molar-refractivity contribution >= 4 is 17.6 Å². The molecule has 3 heteroatoms. The van der Waals surface area contributed by atoms with Crippen molar-refractivity contribution in [2.45, 2.75) is 38.5 Å². The van der Waals surface area contributed by atoms with Gasteiger partial charge in [-0.2, -0.15) is 0 Å². The predicted octanol–water partition coefficient (Wildman–Crippen LogP) is 3.83. The van der Waals surface area contributed by atoms with Crippen LogP contribution in [0.15, 0.2) is 29.2 Å². The smallest absolute Gasteiger partial charge is 0.0963 e. The molecular formula is C14H22N2S. The van der Waals surface area contributed by atoms with Gasteiger partial charge in [0.1, 0.15) is 0 Å². The Hall–Kier alpha value is -0.960. The van der Waals surface area contributed by atoms with Gasteiger partial charge in [-0.05, 0) is 37.1 Å². The number of thioether (sulfide) groups is 1. The molecule has 0 amide bonds. The highest BCUT2D eigenvalue weighted by molar-refractivity contribution is 7.99. The number of aryl methyl sites for hydroxylation is 1. The Labute approximate surface area is 108 Å². The van der Waals surface area contributed by atoms with Crippen molar-refractivity contribution in [2.75, 3.05) is 5.75 Å². The summed E-state index contributed by atoms with van der Waals surface area (Å²) >= 11 is 1.89. The molecule has 0 aliphatic carbocycles. The van der Waals surface area contributed by atoms with E-state index in [1.54, 1.807) is 0 Å². The normalized spacial score (nSPS) is 11.5. The van der Waals surface area contributed by atoms with Gasteiger partial charge in [-0.15, -0.1) is 11.8 Å². The molecule has 94 valence electrons. The van der Waals surface area contributed by atoms with Crippen LogP contribution in [0.4, 0.5) is 0 Å². The van der Waals surface area contributed by atoms with E-state index in [-0.39, 0.29) is 5.41 Å². The topological polar surface area (TPSA) is 49.9 Å². The molecule has 1 aromatic carbocycles. The second kappa shape index (κ2) is 6.10. The first-order valence-corrected chi connectivity index (χ1v) is 6.95. The van der Waals surface area contributed by atoms with Crippen molar-refractivity contribution in [1.29, 1.82) is 5.41 Å². The highest BCUT2D eigenvalue weighted by atomic mass is 32.2. The molecule has 0 atom stereocenters. The predicted molar refractivity (Wildman–Crippen MR) is 76.8 cm³/mol. The summed E-state index contributed by atoms with van der Waals surface area (Å²) in [6, 6.07) is 8.45. The van der Waals surface area contributed by atoms with E-state index >= 15 is 0 Å². The molecule has 0 radical (unpaired) electrons. The minimum Gasteiger partial charge on any atom is -0.387 e. The van der Waals surface area contributed by atoms with Gasteiger partial charge in [-0.25, -0.2) is 0 Å². The average Bonchev–Trinajstić information content (AvgIpc) is 2.26. The van der Waals surface area contributed by atoms with Gasteiger partial charge in [0, 0.05) is 10.3 Å². The van der Waals surface area contributed by atoms with Crippen molar-refractivity contribution < 1.29 is 0 Å². The summed E-state index contributed by atoms with van der Waals surface area (Å²) in [7, 11) is 0. The van der Waals surface area contributed by atoms with E-state index < -0.39 is 0 Å². The van der Waals surface area contributed by atoms with Crippen LogP contribution in [0.5, 0.6) is 0 Å². The molecule has 17 heavy (non-hydrogen) atoms. The minimum absolute atomic E-state index is 0.160. The van der Waals surface area contributed by atoms with E-state index in [0.717, 1.165) is 18.6 Å². The molecule has 0 aliphatic heterocycles. The van der Waals surface area contributed by atoms with Gasteiger partial charge in [0.2, 0.25) is 0 Å². The molecule has 0 bridgehead atoms. The molecule has 0 saturated heterocycles. The Morgan fingerprint density at radius 3 is 2.59 bits per heavy atom. The van der Waals surface area contributed by atoms with Gasteiger partial charge in [0.25, 0.3) is 0 Å². The first-order valence-electron chi connectivity index (χ1n) is 5.96. The standard InChI is InChI=1S/C14H22N2S/c1-11-7-4-5-8-12(11)17-10-6-9-14(2,3)13(15)16/h4-5,7-8H,6,9-10H2,1-3H3,(H3,15,16). The van der Waals surface area contributed by atoms with Crippen LogP contribution in [0, 0.1) is 17.7 Å². The number of hydrogen-bond donors (Lipinski definition) is 2. The van der Waals surface area contributed by atoms with E-state index in [9.17, 15) is 0 Å². The lowest BCUT2D eigenvalue weighted by Gasteiger charge is -2.22. The van der Waals surface area contributed by atoms with E-state index in [4.69, 9.17) is 11.1 Å². The number of nitrogens with one attached hydrogen (secondary N) is 1. The molecule has 0 fully saturated rings. The van der Waals surface area contributed by atoms with Crippen LogP contribution in [-0.2, 0) is 0 Å². The van der Waals surface area contributed by atoms with Gasteiger partial charge in [0.15, 0.2) is 0 Å². The zero-order valence-electron chi connectivity index (χ0n) is 10.9. The van der Waals surface area contributed by atoms with Crippen LogP contribution in [0.1, 0.15) is 32.3 Å². The third-order valence-electron chi connectivity index (χ3n) is 3.03. The fourth-order valence-electron chi connectivity index (χ4n) is 1.55. The highest BCUT2D eigenvalue weighted by Gasteiger charge is 2.20. The second-order valence-electron chi connectivity index (χ2n) is 5.02. The summed E-state index contributed by atoms with van der Waals surface area (Å²) in [5.74, 6) is 1.38. The maximum atomic E-state index is 7.50. The molecule has 1 rings (SSSR count). The first kappa shape index (κ1) is 14.1. The zero-order chi connectivity index (χ0) is 12.9. The van der Waals surface area contributed by atoms with Crippen molar-refractivity contribution in [3.05, 3.63) is 29.8 Å². The van der Waals surface area contributed by atoms with Crippen molar-refractivity contribution in [1.82, 2.24) is 0 Å². The summed E-state index contributed by atoms with van der Waals surface area (Å²) < 4.78 is 0. The summed E-state index contributed by atoms with van der Waals surface area (Å²) in [6.07, 6.45) is 2.06. The molecule has 0 aliphatic rings. The SMILES string of the molecule is Cc1ccccc1SCCCC(C)(C)C(=N)N. The van der Waals surface area contributed by atoms with Gasteiger partial charge in [0.05, 0.1) is 5.84 Å². The molecule has 3 N–H and O–H groups in total. The van der Waals surface area contributed by atoms with Crippen LogP contribution in [-0.4, -0.2) is 11.6 Å². The summed E-state index contributed by atoms with van der Waals surface area (Å²) in [6.45, 7) is 6.21. The Morgan fingerprint density at radius 2 is 2.00 bits per heavy atom.